The van der Waals surface area contributed by atoms with E-state index in [1.807, 2.05) is 6.07 Å². The zero-order valence-corrected chi connectivity index (χ0v) is 8.62. The molecular formula is C11H16N2O. The molecule has 3 nitrogen and oxygen atoms in total. The predicted molar refractivity (Wildman–Crippen MR) is 55.2 cm³/mol. The van der Waals surface area contributed by atoms with E-state index < -0.39 is 0 Å². The van der Waals surface area contributed by atoms with Gasteiger partial charge in [-0.2, -0.15) is 5.26 Å². The van der Waals surface area contributed by atoms with E-state index in [2.05, 4.69) is 4.99 Å². The molecule has 1 unspecified atom stereocenters. The molecule has 0 heterocycles. The first-order valence-electron chi connectivity index (χ1n) is 5.16. The Morgan fingerprint density at radius 2 is 2.36 bits per heavy atom. The highest BCUT2D eigenvalue weighted by molar-refractivity contribution is 6.04. The third kappa shape index (κ3) is 2.95. The third-order valence-corrected chi connectivity index (χ3v) is 2.67. The fraction of sp³-hybridized carbons (Fsp3) is 0.727. The molecule has 0 N–H and O–H groups in total. The van der Waals surface area contributed by atoms with E-state index in [4.69, 9.17) is 5.26 Å². The lowest BCUT2D eigenvalue weighted by atomic mass is 9.94. The van der Waals surface area contributed by atoms with E-state index in [-0.39, 0.29) is 18.2 Å². The third-order valence-electron chi connectivity index (χ3n) is 2.67. The van der Waals surface area contributed by atoms with E-state index in [0.29, 0.717) is 0 Å². The quantitative estimate of drug-likeness (QED) is 0.497. The van der Waals surface area contributed by atoms with Crippen molar-refractivity contribution in [2.24, 2.45) is 10.9 Å². The standard InChI is InChI=1S/C11H16N2O/c1-9(14)10-5-3-2-4-6-11(10)13-8-7-12/h10H,2-6,8H2,1H3. The summed E-state index contributed by atoms with van der Waals surface area (Å²) < 4.78 is 0. The van der Waals surface area contributed by atoms with Gasteiger partial charge in [-0.25, -0.2) is 0 Å². The van der Waals surface area contributed by atoms with E-state index in [1.54, 1.807) is 6.92 Å². The van der Waals surface area contributed by atoms with Crippen molar-refractivity contribution >= 4 is 11.5 Å². The Kier molecular flexibility index (Phi) is 4.31. The van der Waals surface area contributed by atoms with Crippen molar-refractivity contribution in [1.29, 1.82) is 5.26 Å². The molecule has 0 saturated heterocycles. The first-order valence-corrected chi connectivity index (χ1v) is 5.16. The number of hydrogen-bond acceptors (Lipinski definition) is 3. The molecule has 1 atom stereocenters. The van der Waals surface area contributed by atoms with Crippen LogP contribution in [0.4, 0.5) is 0 Å². The summed E-state index contributed by atoms with van der Waals surface area (Å²) in [5.74, 6) is 0.189. The second-order valence-electron chi connectivity index (χ2n) is 3.73. The molecule has 0 amide bonds. The maximum atomic E-state index is 11.4. The fourth-order valence-electron chi connectivity index (χ4n) is 1.94. The lowest BCUT2D eigenvalue weighted by molar-refractivity contribution is -0.119. The van der Waals surface area contributed by atoms with Crippen LogP contribution in [0.2, 0.25) is 0 Å². The molecular weight excluding hydrogens is 176 g/mol. The molecule has 1 fully saturated rings. The van der Waals surface area contributed by atoms with Gasteiger partial charge >= 0.3 is 0 Å². The summed E-state index contributed by atoms with van der Waals surface area (Å²) in [7, 11) is 0. The molecule has 0 radical (unpaired) electrons. The van der Waals surface area contributed by atoms with Crippen molar-refractivity contribution in [3.63, 3.8) is 0 Å². The summed E-state index contributed by atoms with van der Waals surface area (Å²) in [6.45, 7) is 1.82. The average Bonchev–Trinajstić information content (AvgIpc) is 2.39. The van der Waals surface area contributed by atoms with Crippen LogP contribution in [0.1, 0.15) is 39.0 Å². The number of hydrogen-bond donors (Lipinski definition) is 0. The molecule has 0 aromatic carbocycles. The minimum absolute atomic E-state index is 0.00847. The number of carbonyl (C=O) groups excluding carboxylic acids is 1. The van der Waals surface area contributed by atoms with Gasteiger partial charge in [0, 0.05) is 5.71 Å². The first kappa shape index (κ1) is 10.9. The molecule has 1 rings (SSSR count). The molecule has 0 aliphatic heterocycles. The Balaban J connectivity index is 2.74. The monoisotopic (exact) mass is 192 g/mol. The maximum Gasteiger partial charge on any atom is 0.138 e. The van der Waals surface area contributed by atoms with Gasteiger partial charge in [-0.15, -0.1) is 0 Å². The number of carbonyl (C=O) groups is 1. The fourth-order valence-corrected chi connectivity index (χ4v) is 1.94. The first-order chi connectivity index (χ1) is 6.75. The Morgan fingerprint density at radius 1 is 1.57 bits per heavy atom. The van der Waals surface area contributed by atoms with Crippen LogP contribution < -0.4 is 0 Å². The van der Waals surface area contributed by atoms with Gasteiger partial charge in [0.05, 0.1) is 12.0 Å². The van der Waals surface area contributed by atoms with E-state index in [9.17, 15) is 4.79 Å². The van der Waals surface area contributed by atoms with E-state index in [1.165, 1.54) is 6.42 Å². The van der Waals surface area contributed by atoms with Crippen molar-refractivity contribution < 1.29 is 4.79 Å². The second kappa shape index (κ2) is 5.54. The van der Waals surface area contributed by atoms with Gasteiger partial charge < -0.3 is 0 Å². The van der Waals surface area contributed by atoms with Gasteiger partial charge in [0.1, 0.15) is 12.3 Å². The van der Waals surface area contributed by atoms with Crippen LogP contribution in [0.3, 0.4) is 0 Å². The Bertz CT molecular complexity index is 276. The van der Waals surface area contributed by atoms with E-state index >= 15 is 0 Å². The van der Waals surface area contributed by atoms with Crippen LogP contribution >= 0.6 is 0 Å². The highest BCUT2D eigenvalue weighted by Crippen LogP contribution is 2.21. The number of rotatable bonds is 2. The smallest absolute Gasteiger partial charge is 0.138 e. The van der Waals surface area contributed by atoms with Gasteiger partial charge in [0.15, 0.2) is 0 Å². The number of ketones is 1. The lowest BCUT2D eigenvalue weighted by Gasteiger charge is -2.12. The highest BCUT2D eigenvalue weighted by atomic mass is 16.1. The Morgan fingerprint density at radius 3 is 3.00 bits per heavy atom. The predicted octanol–water partition coefficient (Wildman–Crippen LogP) is 2.12. The summed E-state index contributed by atoms with van der Waals surface area (Å²) in [5.41, 5.74) is 0.955. The molecule has 0 bridgehead atoms. The van der Waals surface area contributed by atoms with Crippen LogP contribution in [0, 0.1) is 17.2 Å². The maximum absolute atomic E-state index is 11.4. The lowest BCUT2D eigenvalue weighted by Crippen LogP contribution is -2.21. The molecule has 1 aliphatic carbocycles. The molecule has 76 valence electrons. The zero-order valence-electron chi connectivity index (χ0n) is 8.62. The van der Waals surface area contributed by atoms with Gasteiger partial charge in [0.2, 0.25) is 0 Å². The molecule has 14 heavy (non-hydrogen) atoms. The Labute approximate surface area is 84.8 Å². The normalized spacial score (nSPS) is 25.4. The van der Waals surface area contributed by atoms with Crippen molar-refractivity contribution in [1.82, 2.24) is 0 Å². The number of nitriles is 1. The summed E-state index contributed by atoms with van der Waals surface area (Å²) in [6, 6.07) is 2.00. The van der Waals surface area contributed by atoms with Crippen molar-refractivity contribution in [3.8, 4) is 6.07 Å². The van der Waals surface area contributed by atoms with Crippen LogP contribution in [-0.4, -0.2) is 18.0 Å². The minimum atomic E-state index is -0.00847. The van der Waals surface area contributed by atoms with Crippen molar-refractivity contribution in [2.75, 3.05) is 6.54 Å². The molecule has 1 aliphatic rings. The molecule has 0 spiro atoms. The summed E-state index contributed by atoms with van der Waals surface area (Å²) in [4.78, 5) is 15.6. The highest BCUT2D eigenvalue weighted by Gasteiger charge is 2.22. The number of nitrogens with zero attached hydrogens (tertiary/aromatic N) is 2. The number of aliphatic imine (C=N–C) groups is 1. The van der Waals surface area contributed by atoms with Crippen LogP contribution in [-0.2, 0) is 4.79 Å². The second-order valence-corrected chi connectivity index (χ2v) is 3.73. The summed E-state index contributed by atoms with van der Waals surface area (Å²) in [6.07, 6.45) is 5.20. The average molecular weight is 192 g/mol. The van der Waals surface area contributed by atoms with Gasteiger partial charge in [0.25, 0.3) is 0 Å². The molecule has 1 saturated carbocycles. The van der Waals surface area contributed by atoms with Gasteiger partial charge in [-0.1, -0.05) is 12.8 Å². The van der Waals surface area contributed by atoms with Crippen molar-refractivity contribution in [3.05, 3.63) is 0 Å². The molecule has 3 heteroatoms. The minimum Gasteiger partial charge on any atom is -0.299 e. The van der Waals surface area contributed by atoms with Gasteiger partial charge in [-0.3, -0.25) is 9.79 Å². The van der Waals surface area contributed by atoms with Crippen LogP contribution in [0.5, 0.6) is 0 Å². The Hall–Kier alpha value is -1.17. The van der Waals surface area contributed by atoms with Crippen LogP contribution in [0.25, 0.3) is 0 Å². The summed E-state index contributed by atoms with van der Waals surface area (Å²) >= 11 is 0. The molecule has 0 aromatic heterocycles. The number of Topliss-reactive ketones (excluding diaryl/α,β-unsaturated/α-hetero) is 1. The van der Waals surface area contributed by atoms with Crippen molar-refractivity contribution in [2.45, 2.75) is 39.0 Å². The summed E-state index contributed by atoms with van der Waals surface area (Å²) in [5, 5.41) is 8.45. The topological polar surface area (TPSA) is 53.2 Å². The SMILES string of the molecule is CC(=O)C1CCCCCC1=NCC#N. The molecule has 0 aromatic rings. The largest absolute Gasteiger partial charge is 0.299 e. The van der Waals surface area contributed by atoms with Crippen LogP contribution in [0.15, 0.2) is 4.99 Å². The van der Waals surface area contributed by atoms with Gasteiger partial charge in [-0.05, 0) is 26.2 Å². The van der Waals surface area contributed by atoms with E-state index in [0.717, 1.165) is 31.4 Å². The zero-order chi connectivity index (χ0) is 10.4.